The second-order valence-electron chi connectivity index (χ2n) is 3.98. The Bertz CT molecular complexity index is 452. The molecule has 90 valence electrons. The van der Waals surface area contributed by atoms with Gasteiger partial charge in [0.1, 0.15) is 0 Å². The van der Waals surface area contributed by atoms with Crippen molar-refractivity contribution in [3.05, 3.63) is 29.3 Å². The van der Waals surface area contributed by atoms with Crippen LogP contribution in [0.15, 0.2) is 23.1 Å². The number of unbranched alkanes of at least 4 members (excludes halogenated alkanes) is 1. The Hall–Kier alpha value is -0.350. The molecule has 4 heteroatoms. The third-order valence-corrected chi connectivity index (χ3v) is 4.98. The van der Waals surface area contributed by atoms with Gasteiger partial charge in [-0.1, -0.05) is 33.6 Å². The summed E-state index contributed by atoms with van der Waals surface area (Å²) in [6, 6.07) is 5.48. The van der Waals surface area contributed by atoms with Gasteiger partial charge in [0.2, 0.25) is 0 Å². The lowest BCUT2D eigenvalue weighted by atomic mass is 10.2. The smallest absolute Gasteiger partial charge is 0.178 e. The largest absolute Gasteiger partial charge is 0.224 e. The number of sulfone groups is 1. The van der Waals surface area contributed by atoms with Gasteiger partial charge in [-0.3, -0.25) is 0 Å². The van der Waals surface area contributed by atoms with E-state index in [1.54, 1.807) is 6.07 Å². The lowest BCUT2D eigenvalue weighted by molar-refractivity contribution is 0.592. The molecule has 0 saturated carbocycles. The maximum atomic E-state index is 12.0. The van der Waals surface area contributed by atoms with E-state index in [0.29, 0.717) is 11.3 Å². The van der Waals surface area contributed by atoms with Gasteiger partial charge in [-0.05, 0) is 38.3 Å². The molecule has 0 bridgehead atoms. The highest BCUT2D eigenvalue weighted by Gasteiger charge is 2.16. The van der Waals surface area contributed by atoms with Crippen LogP contribution >= 0.6 is 15.9 Å². The van der Waals surface area contributed by atoms with Gasteiger partial charge in [0.05, 0.1) is 10.6 Å². The van der Waals surface area contributed by atoms with Gasteiger partial charge < -0.3 is 0 Å². The first-order valence-corrected chi connectivity index (χ1v) is 8.11. The van der Waals surface area contributed by atoms with Gasteiger partial charge in [-0.15, -0.1) is 0 Å². The minimum atomic E-state index is -3.10. The van der Waals surface area contributed by atoms with Crippen molar-refractivity contribution in [1.82, 2.24) is 0 Å². The van der Waals surface area contributed by atoms with Gasteiger partial charge in [-0.25, -0.2) is 8.42 Å². The van der Waals surface area contributed by atoms with Crippen LogP contribution in [0, 0.1) is 13.8 Å². The maximum Gasteiger partial charge on any atom is 0.178 e. The van der Waals surface area contributed by atoms with Crippen LogP contribution in [0.5, 0.6) is 0 Å². The molecule has 1 aromatic rings. The Morgan fingerprint density at radius 3 is 2.44 bits per heavy atom. The maximum absolute atomic E-state index is 12.0. The number of alkyl halides is 1. The van der Waals surface area contributed by atoms with E-state index in [2.05, 4.69) is 15.9 Å². The fourth-order valence-electron chi connectivity index (χ4n) is 1.64. The molecule has 0 atom stereocenters. The van der Waals surface area contributed by atoms with Crippen molar-refractivity contribution in [2.45, 2.75) is 31.6 Å². The molecule has 0 fully saturated rings. The minimum Gasteiger partial charge on any atom is -0.224 e. The van der Waals surface area contributed by atoms with Gasteiger partial charge in [0.25, 0.3) is 0 Å². The first-order valence-electron chi connectivity index (χ1n) is 5.33. The fraction of sp³-hybridized carbons (Fsp3) is 0.500. The minimum absolute atomic E-state index is 0.239. The molecule has 0 amide bonds. The molecule has 0 radical (unpaired) electrons. The molecule has 0 heterocycles. The van der Waals surface area contributed by atoms with Crippen molar-refractivity contribution in [3.8, 4) is 0 Å². The monoisotopic (exact) mass is 304 g/mol. The summed E-state index contributed by atoms with van der Waals surface area (Å²) in [5.41, 5.74) is 1.94. The quantitative estimate of drug-likeness (QED) is 0.618. The number of aryl methyl sites for hydroxylation is 2. The Kier molecular flexibility index (Phi) is 4.99. The third-order valence-electron chi connectivity index (χ3n) is 2.46. The van der Waals surface area contributed by atoms with E-state index in [0.717, 1.165) is 22.9 Å². The summed E-state index contributed by atoms with van der Waals surface area (Å²) < 4.78 is 24.0. The topological polar surface area (TPSA) is 34.1 Å². The normalized spacial score (nSPS) is 11.7. The summed E-state index contributed by atoms with van der Waals surface area (Å²) >= 11 is 3.30. The Morgan fingerprint density at radius 2 is 1.88 bits per heavy atom. The van der Waals surface area contributed by atoms with Crippen LogP contribution in [0.4, 0.5) is 0 Å². The molecule has 0 N–H and O–H groups in total. The highest BCUT2D eigenvalue weighted by molar-refractivity contribution is 9.09. The number of hydrogen-bond acceptors (Lipinski definition) is 2. The number of benzene rings is 1. The van der Waals surface area contributed by atoms with E-state index < -0.39 is 9.84 Å². The first kappa shape index (κ1) is 13.7. The highest BCUT2D eigenvalue weighted by atomic mass is 79.9. The molecule has 0 saturated heterocycles. The zero-order chi connectivity index (χ0) is 12.2. The van der Waals surface area contributed by atoms with E-state index in [9.17, 15) is 8.42 Å². The second-order valence-corrected chi connectivity index (χ2v) is 6.85. The van der Waals surface area contributed by atoms with E-state index in [1.165, 1.54) is 0 Å². The van der Waals surface area contributed by atoms with Crippen molar-refractivity contribution in [3.63, 3.8) is 0 Å². The zero-order valence-electron chi connectivity index (χ0n) is 9.66. The summed E-state index contributed by atoms with van der Waals surface area (Å²) in [5.74, 6) is 0.239. The zero-order valence-corrected chi connectivity index (χ0v) is 12.1. The standard InChI is InChI=1S/C12H17BrO2S/c1-10-5-6-12(11(2)9-10)16(14,15)8-4-3-7-13/h5-6,9H,3-4,7-8H2,1-2H3. The van der Waals surface area contributed by atoms with Crippen molar-refractivity contribution in [2.75, 3.05) is 11.1 Å². The van der Waals surface area contributed by atoms with Crippen LogP contribution < -0.4 is 0 Å². The molecule has 0 aliphatic rings. The predicted octanol–water partition coefficient (Wildman–Crippen LogP) is 3.25. The van der Waals surface area contributed by atoms with Crippen molar-refractivity contribution in [2.24, 2.45) is 0 Å². The first-order chi connectivity index (χ1) is 7.47. The predicted molar refractivity (Wildman–Crippen MR) is 71.0 cm³/mol. The molecule has 1 rings (SSSR count). The van der Waals surface area contributed by atoms with Crippen LogP contribution in [0.25, 0.3) is 0 Å². The molecule has 0 spiro atoms. The van der Waals surface area contributed by atoms with Crippen LogP contribution in [0.2, 0.25) is 0 Å². The second kappa shape index (κ2) is 5.82. The van der Waals surface area contributed by atoms with E-state index in [4.69, 9.17) is 0 Å². The molecule has 0 aliphatic carbocycles. The summed E-state index contributed by atoms with van der Waals surface area (Å²) in [7, 11) is -3.10. The third kappa shape index (κ3) is 3.59. The van der Waals surface area contributed by atoms with Crippen molar-refractivity contribution in [1.29, 1.82) is 0 Å². The lowest BCUT2D eigenvalue weighted by Gasteiger charge is -2.08. The number of hydrogen-bond donors (Lipinski definition) is 0. The molecule has 16 heavy (non-hydrogen) atoms. The Labute approximate surface area is 106 Å². The summed E-state index contributed by atoms with van der Waals surface area (Å²) in [5, 5.41) is 0.857. The average molecular weight is 305 g/mol. The van der Waals surface area contributed by atoms with Gasteiger partial charge in [0.15, 0.2) is 9.84 Å². The van der Waals surface area contributed by atoms with E-state index in [1.807, 2.05) is 26.0 Å². The number of rotatable bonds is 5. The Morgan fingerprint density at radius 1 is 1.19 bits per heavy atom. The van der Waals surface area contributed by atoms with Gasteiger partial charge in [0, 0.05) is 5.33 Å². The molecule has 1 aromatic carbocycles. The van der Waals surface area contributed by atoms with E-state index in [-0.39, 0.29) is 5.75 Å². The average Bonchev–Trinajstić information content (AvgIpc) is 2.17. The number of halogens is 1. The van der Waals surface area contributed by atoms with Crippen LogP contribution in [-0.2, 0) is 9.84 Å². The SMILES string of the molecule is Cc1ccc(S(=O)(=O)CCCCBr)c(C)c1. The highest BCUT2D eigenvalue weighted by Crippen LogP contribution is 2.19. The molecule has 0 aliphatic heterocycles. The fourth-order valence-corrected chi connectivity index (χ4v) is 3.67. The molecular weight excluding hydrogens is 288 g/mol. The lowest BCUT2D eigenvalue weighted by Crippen LogP contribution is -2.08. The summed E-state index contributed by atoms with van der Waals surface area (Å²) in [6.07, 6.45) is 1.60. The molecular formula is C12H17BrO2S. The van der Waals surface area contributed by atoms with Crippen molar-refractivity contribution >= 4 is 25.8 Å². The van der Waals surface area contributed by atoms with Gasteiger partial charge >= 0.3 is 0 Å². The van der Waals surface area contributed by atoms with Gasteiger partial charge in [-0.2, -0.15) is 0 Å². The summed E-state index contributed by atoms with van der Waals surface area (Å²) in [4.78, 5) is 0.479. The van der Waals surface area contributed by atoms with Crippen LogP contribution in [0.3, 0.4) is 0 Å². The Balaban J connectivity index is 2.90. The van der Waals surface area contributed by atoms with E-state index >= 15 is 0 Å². The van der Waals surface area contributed by atoms with Crippen LogP contribution in [0.1, 0.15) is 24.0 Å². The molecule has 0 unspecified atom stereocenters. The molecule has 2 nitrogen and oxygen atoms in total. The van der Waals surface area contributed by atoms with Crippen LogP contribution in [-0.4, -0.2) is 19.5 Å². The summed E-state index contributed by atoms with van der Waals surface area (Å²) in [6.45, 7) is 3.82. The molecule has 0 aromatic heterocycles. The van der Waals surface area contributed by atoms with Crippen molar-refractivity contribution < 1.29 is 8.42 Å².